The van der Waals surface area contributed by atoms with Crippen molar-refractivity contribution in [3.05, 3.63) is 34.7 Å². The number of carbonyl (C=O) groups excluding carboxylic acids is 2. The van der Waals surface area contributed by atoms with E-state index >= 15 is 0 Å². The molecule has 182 valence electrons. The van der Waals surface area contributed by atoms with Crippen molar-refractivity contribution in [2.75, 3.05) is 44.9 Å². The number of hydrogen-bond donors (Lipinski definition) is 0. The third-order valence-electron chi connectivity index (χ3n) is 5.11. The zero-order valence-corrected chi connectivity index (χ0v) is 21.8. The highest BCUT2D eigenvalue weighted by atomic mass is 32.1. The highest BCUT2D eigenvalue weighted by molar-refractivity contribution is 7.18. The van der Waals surface area contributed by atoms with Crippen molar-refractivity contribution < 1.29 is 19.1 Å². The lowest BCUT2D eigenvalue weighted by atomic mass is 10.1. The molecule has 0 radical (unpaired) electrons. The van der Waals surface area contributed by atoms with Crippen molar-refractivity contribution in [2.24, 2.45) is 11.8 Å². The molecule has 1 aromatic heterocycles. The molecule has 6 nitrogen and oxygen atoms in total. The zero-order valence-electron chi connectivity index (χ0n) is 21.0. The average Bonchev–Trinajstić information content (AvgIpc) is 3.10. The summed E-state index contributed by atoms with van der Waals surface area (Å²) in [5.74, 6) is 1.32. The first-order valence-corrected chi connectivity index (χ1v) is 12.4. The lowest BCUT2D eigenvalue weighted by Gasteiger charge is -2.26. The summed E-state index contributed by atoms with van der Waals surface area (Å²) in [4.78, 5) is 30.3. The van der Waals surface area contributed by atoms with Gasteiger partial charge in [0.2, 0.25) is 6.41 Å². The molecule has 0 aliphatic carbocycles. The van der Waals surface area contributed by atoms with Gasteiger partial charge in [-0.05, 0) is 31.7 Å². The van der Waals surface area contributed by atoms with Crippen molar-refractivity contribution in [1.82, 2.24) is 4.90 Å². The molecule has 0 spiro atoms. The van der Waals surface area contributed by atoms with Crippen LogP contribution in [-0.2, 0) is 9.53 Å². The average molecular weight is 475 g/mol. The fourth-order valence-corrected chi connectivity index (χ4v) is 4.97. The van der Waals surface area contributed by atoms with Crippen LogP contribution in [0.3, 0.4) is 0 Å². The molecule has 1 aromatic carbocycles. The van der Waals surface area contributed by atoms with Crippen LogP contribution in [0.1, 0.15) is 49.9 Å². The standard InChI is InChI=1S/C26H38N2O4S/c1-8-31-13-14-32-23-20(6)24(21-11-9-10-12-22(21)27(7)17-29)33-25(23)26(30)28(15-18(2)3)16-19(4)5/h9-12,17-19H,8,13-16H2,1-7H3. The monoisotopic (exact) mass is 474 g/mol. The van der Waals surface area contributed by atoms with Gasteiger partial charge in [0.25, 0.3) is 5.91 Å². The second kappa shape index (κ2) is 12.8. The fraction of sp³-hybridized carbons (Fsp3) is 0.538. The summed E-state index contributed by atoms with van der Waals surface area (Å²) in [7, 11) is 1.73. The minimum Gasteiger partial charge on any atom is -0.489 e. The molecule has 33 heavy (non-hydrogen) atoms. The Hall–Kier alpha value is -2.38. The number of carbonyl (C=O) groups is 2. The summed E-state index contributed by atoms with van der Waals surface area (Å²) < 4.78 is 11.6. The molecule has 0 aliphatic rings. The van der Waals surface area contributed by atoms with Crippen LogP contribution in [0.5, 0.6) is 5.75 Å². The maximum atomic E-state index is 13.8. The van der Waals surface area contributed by atoms with E-state index in [2.05, 4.69) is 27.7 Å². The van der Waals surface area contributed by atoms with Crippen LogP contribution in [0.2, 0.25) is 0 Å². The molecule has 0 atom stereocenters. The van der Waals surface area contributed by atoms with Gasteiger partial charge in [0.15, 0.2) is 0 Å². The maximum absolute atomic E-state index is 13.8. The first-order valence-electron chi connectivity index (χ1n) is 11.6. The van der Waals surface area contributed by atoms with Crippen molar-refractivity contribution in [2.45, 2.75) is 41.5 Å². The van der Waals surface area contributed by atoms with Gasteiger partial charge in [-0.15, -0.1) is 11.3 Å². The van der Waals surface area contributed by atoms with Crippen molar-refractivity contribution in [3.63, 3.8) is 0 Å². The van der Waals surface area contributed by atoms with E-state index in [9.17, 15) is 9.59 Å². The van der Waals surface area contributed by atoms with Gasteiger partial charge < -0.3 is 19.3 Å². The minimum absolute atomic E-state index is 0.00983. The Morgan fingerprint density at radius 3 is 2.30 bits per heavy atom. The Morgan fingerprint density at radius 1 is 1.09 bits per heavy atom. The number of ether oxygens (including phenoxy) is 2. The van der Waals surface area contributed by atoms with E-state index in [4.69, 9.17) is 9.47 Å². The molecule has 0 aliphatic heterocycles. The van der Waals surface area contributed by atoms with Gasteiger partial charge in [0.05, 0.1) is 12.3 Å². The van der Waals surface area contributed by atoms with E-state index < -0.39 is 0 Å². The summed E-state index contributed by atoms with van der Waals surface area (Å²) in [5.41, 5.74) is 2.60. The topological polar surface area (TPSA) is 59.1 Å². The van der Waals surface area contributed by atoms with Gasteiger partial charge in [-0.2, -0.15) is 0 Å². The number of amides is 2. The normalized spacial score (nSPS) is 11.2. The first kappa shape index (κ1) is 26.9. The molecule has 2 amide bonds. The summed E-state index contributed by atoms with van der Waals surface area (Å²) in [6.45, 7) is 15.2. The van der Waals surface area contributed by atoms with Gasteiger partial charge in [-0.3, -0.25) is 9.59 Å². The summed E-state index contributed by atoms with van der Waals surface area (Å²) in [5, 5.41) is 0. The van der Waals surface area contributed by atoms with E-state index in [0.717, 1.165) is 28.1 Å². The molecular formula is C26H38N2O4S. The molecule has 0 unspecified atom stereocenters. The van der Waals surface area contributed by atoms with E-state index in [1.165, 1.54) is 11.3 Å². The van der Waals surface area contributed by atoms with Gasteiger partial charge >= 0.3 is 0 Å². The molecule has 1 heterocycles. The highest BCUT2D eigenvalue weighted by Crippen LogP contribution is 2.45. The van der Waals surface area contributed by atoms with Gasteiger partial charge in [0.1, 0.15) is 17.2 Å². The van der Waals surface area contributed by atoms with Crippen LogP contribution in [0.4, 0.5) is 5.69 Å². The molecule has 2 aromatic rings. The summed E-state index contributed by atoms with van der Waals surface area (Å²) in [6.07, 6.45) is 0.792. The Balaban J connectivity index is 2.57. The van der Waals surface area contributed by atoms with Crippen LogP contribution in [0.15, 0.2) is 24.3 Å². The molecule has 2 rings (SSSR count). The van der Waals surface area contributed by atoms with Gasteiger partial charge in [-0.25, -0.2) is 0 Å². The molecule has 0 saturated carbocycles. The summed E-state index contributed by atoms with van der Waals surface area (Å²) in [6, 6.07) is 7.73. The molecule has 0 N–H and O–H groups in total. The number of thiophene rings is 1. The van der Waals surface area contributed by atoms with Crippen molar-refractivity contribution in [3.8, 4) is 16.2 Å². The number of anilines is 1. The maximum Gasteiger partial charge on any atom is 0.267 e. The van der Waals surface area contributed by atoms with Crippen LogP contribution in [-0.4, -0.2) is 57.2 Å². The predicted octanol–water partition coefficient (Wildman–Crippen LogP) is 5.49. The summed E-state index contributed by atoms with van der Waals surface area (Å²) >= 11 is 1.44. The Bertz CT molecular complexity index is 913. The lowest BCUT2D eigenvalue weighted by Crippen LogP contribution is -2.36. The number of nitrogens with zero attached hydrogens (tertiary/aromatic N) is 2. The van der Waals surface area contributed by atoms with Crippen molar-refractivity contribution >= 4 is 29.3 Å². The minimum atomic E-state index is -0.00983. The van der Waals surface area contributed by atoms with Crippen LogP contribution in [0, 0.1) is 18.8 Å². The van der Waals surface area contributed by atoms with Gasteiger partial charge in [0, 0.05) is 42.7 Å². The van der Waals surface area contributed by atoms with E-state index in [0.29, 0.717) is 55.4 Å². The first-order chi connectivity index (χ1) is 15.7. The third-order valence-corrected chi connectivity index (χ3v) is 6.40. The van der Waals surface area contributed by atoms with Crippen LogP contribution < -0.4 is 9.64 Å². The van der Waals surface area contributed by atoms with E-state index in [1.54, 1.807) is 11.9 Å². The highest BCUT2D eigenvalue weighted by Gasteiger charge is 2.28. The van der Waals surface area contributed by atoms with Crippen LogP contribution in [0.25, 0.3) is 10.4 Å². The number of benzene rings is 1. The fourth-order valence-electron chi connectivity index (χ4n) is 3.71. The predicted molar refractivity (Wildman–Crippen MR) is 137 cm³/mol. The number of rotatable bonds is 13. The zero-order chi connectivity index (χ0) is 24.5. The number of para-hydroxylation sites is 1. The van der Waals surface area contributed by atoms with E-state index in [1.807, 2.05) is 43.0 Å². The van der Waals surface area contributed by atoms with Crippen molar-refractivity contribution in [1.29, 1.82) is 0 Å². The number of hydrogen-bond acceptors (Lipinski definition) is 5. The molecule has 7 heteroatoms. The Labute approximate surface area is 202 Å². The Kier molecular flexibility index (Phi) is 10.4. The smallest absolute Gasteiger partial charge is 0.267 e. The quantitative estimate of drug-likeness (QED) is 0.285. The Morgan fingerprint density at radius 2 is 1.73 bits per heavy atom. The molecule has 0 saturated heterocycles. The molecule has 0 fully saturated rings. The largest absolute Gasteiger partial charge is 0.489 e. The lowest BCUT2D eigenvalue weighted by molar-refractivity contribution is -0.107. The SMILES string of the molecule is CCOCCOc1c(C(=O)N(CC(C)C)CC(C)C)sc(-c2ccccc2N(C)C=O)c1C. The second-order valence-corrected chi connectivity index (χ2v) is 10.0. The molecular weight excluding hydrogens is 436 g/mol. The van der Waals surface area contributed by atoms with E-state index in [-0.39, 0.29) is 5.91 Å². The second-order valence-electron chi connectivity index (χ2n) is 8.99. The third kappa shape index (κ3) is 7.05. The van der Waals surface area contributed by atoms with Gasteiger partial charge in [-0.1, -0.05) is 45.9 Å². The van der Waals surface area contributed by atoms with Crippen LogP contribution >= 0.6 is 11.3 Å². The molecule has 0 bridgehead atoms.